The van der Waals surface area contributed by atoms with Crippen LogP contribution in [0.15, 0.2) is 72.9 Å². The first-order valence-electron chi connectivity index (χ1n) is 27.9. The molecule has 0 heterocycles. The number of ether oxygens (including phenoxy) is 3. The van der Waals surface area contributed by atoms with Gasteiger partial charge in [-0.15, -0.1) is 0 Å². The lowest BCUT2D eigenvalue weighted by Gasteiger charge is -2.18. The van der Waals surface area contributed by atoms with Gasteiger partial charge in [0.05, 0.1) is 0 Å². The maximum atomic E-state index is 12.8. The average Bonchev–Trinajstić information content (AvgIpc) is 3.31. The van der Waals surface area contributed by atoms with Crippen molar-refractivity contribution in [3.8, 4) is 0 Å². The summed E-state index contributed by atoms with van der Waals surface area (Å²) in [7, 11) is 0. The van der Waals surface area contributed by atoms with E-state index >= 15 is 0 Å². The van der Waals surface area contributed by atoms with Gasteiger partial charge in [0.2, 0.25) is 0 Å². The van der Waals surface area contributed by atoms with E-state index in [0.29, 0.717) is 19.3 Å². The van der Waals surface area contributed by atoms with Gasteiger partial charge in [-0.3, -0.25) is 14.4 Å². The molecule has 0 aromatic heterocycles. The summed E-state index contributed by atoms with van der Waals surface area (Å²) in [4.78, 5) is 37.9. The monoisotopic (exact) mass is 921 g/mol. The average molecular weight is 921 g/mol. The molecule has 0 aliphatic heterocycles. The topological polar surface area (TPSA) is 78.9 Å². The molecule has 6 nitrogen and oxygen atoms in total. The van der Waals surface area contributed by atoms with Crippen LogP contribution in [0.4, 0.5) is 0 Å². The highest BCUT2D eigenvalue weighted by Crippen LogP contribution is 2.16. The summed E-state index contributed by atoms with van der Waals surface area (Å²) in [6.07, 6.45) is 69.1. The fourth-order valence-corrected chi connectivity index (χ4v) is 7.80. The highest BCUT2D eigenvalue weighted by Gasteiger charge is 2.19. The van der Waals surface area contributed by atoms with Crippen LogP contribution in [-0.4, -0.2) is 37.2 Å². The van der Waals surface area contributed by atoms with Crippen molar-refractivity contribution in [1.82, 2.24) is 0 Å². The van der Waals surface area contributed by atoms with Crippen molar-refractivity contribution < 1.29 is 28.6 Å². The van der Waals surface area contributed by atoms with Crippen LogP contribution in [0.1, 0.15) is 271 Å². The molecule has 66 heavy (non-hydrogen) atoms. The Morgan fingerprint density at radius 2 is 0.591 bits per heavy atom. The van der Waals surface area contributed by atoms with Gasteiger partial charge in [0.25, 0.3) is 0 Å². The van der Waals surface area contributed by atoms with Crippen LogP contribution in [0.2, 0.25) is 0 Å². The van der Waals surface area contributed by atoms with Crippen LogP contribution in [0.25, 0.3) is 0 Å². The third-order valence-electron chi connectivity index (χ3n) is 12.0. The van der Waals surface area contributed by atoms with Gasteiger partial charge in [0, 0.05) is 19.3 Å². The minimum Gasteiger partial charge on any atom is -0.462 e. The summed E-state index contributed by atoms with van der Waals surface area (Å²) in [6.45, 7) is 6.48. The highest BCUT2D eigenvalue weighted by atomic mass is 16.6. The van der Waals surface area contributed by atoms with Crippen molar-refractivity contribution >= 4 is 17.9 Å². The number of carbonyl (C=O) groups excluding carboxylic acids is 3. The van der Waals surface area contributed by atoms with Gasteiger partial charge in [-0.25, -0.2) is 0 Å². The molecule has 0 fully saturated rings. The van der Waals surface area contributed by atoms with Gasteiger partial charge >= 0.3 is 17.9 Å². The second kappa shape index (κ2) is 54.5. The van der Waals surface area contributed by atoms with Crippen LogP contribution in [-0.2, 0) is 28.6 Å². The van der Waals surface area contributed by atoms with Crippen molar-refractivity contribution in [2.45, 2.75) is 277 Å². The van der Waals surface area contributed by atoms with Gasteiger partial charge in [-0.1, -0.05) is 254 Å². The smallest absolute Gasteiger partial charge is 0.306 e. The number of rotatable bonds is 50. The van der Waals surface area contributed by atoms with Gasteiger partial charge < -0.3 is 14.2 Å². The fraction of sp³-hybridized carbons (Fsp3) is 0.750. The summed E-state index contributed by atoms with van der Waals surface area (Å²) >= 11 is 0. The summed E-state index contributed by atoms with van der Waals surface area (Å²) in [5, 5.41) is 0. The molecular formula is C60H104O6. The van der Waals surface area contributed by atoms with Crippen molar-refractivity contribution in [3.63, 3.8) is 0 Å². The van der Waals surface area contributed by atoms with E-state index in [1.54, 1.807) is 0 Å². The summed E-state index contributed by atoms with van der Waals surface area (Å²) in [5.41, 5.74) is 0. The lowest BCUT2D eigenvalue weighted by Crippen LogP contribution is -2.30. The van der Waals surface area contributed by atoms with E-state index in [-0.39, 0.29) is 31.1 Å². The third kappa shape index (κ3) is 51.8. The highest BCUT2D eigenvalue weighted by molar-refractivity contribution is 5.71. The number of hydrogen-bond donors (Lipinski definition) is 0. The molecule has 6 heteroatoms. The Hall–Kier alpha value is -3.15. The number of carbonyl (C=O) groups is 3. The summed E-state index contributed by atoms with van der Waals surface area (Å²) in [6, 6.07) is 0. The molecule has 1 atom stereocenters. The van der Waals surface area contributed by atoms with E-state index in [0.717, 1.165) is 109 Å². The predicted molar refractivity (Wildman–Crippen MR) is 284 cm³/mol. The summed E-state index contributed by atoms with van der Waals surface area (Å²) in [5.74, 6) is -0.906. The first-order valence-corrected chi connectivity index (χ1v) is 27.9. The van der Waals surface area contributed by atoms with Crippen LogP contribution in [0.3, 0.4) is 0 Å². The third-order valence-corrected chi connectivity index (χ3v) is 12.0. The molecule has 0 saturated carbocycles. The van der Waals surface area contributed by atoms with E-state index in [1.165, 1.54) is 122 Å². The van der Waals surface area contributed by atoms with Gasteiger partial charge in [-0.2, -0.15) is 0 Å². The Balaban J connectivity index is 4.26. The minimum absolute atomic E-state index is 0.0813. The Bertz CT molecular complexity index is 1240. The molecule has 0 rings (SSSR count). The zero-order valence-corrected chi connectivity index (χ0v) is 43.4. The molecule has 0 spiro atoms. The molecule has 0 radical (unpaired) electrons. The Labute approximate surface area is 408 Å². The Morgan fingerprint density at radius 3 is 0.924 bits per heavy atom. The van der Waals surface area contributed by atoms with Crippen LogP contribution in [0.5, 0.6) is 0 Å². The van der Waals surface area contributed by atoms with E-state index in [1.807, 2.05) is 0 Å². The maximum absolute atomic E-state index is 12.8. The largest absolute Gasteiger partial charge is 0.462 e. The lowest BCUT2D eigenvalue weighted by atomic mass is 10.0. The van der Waals surface area contributed by atoms with Crippen molar-refractivity contribution in [3.05, 3.63) is 72.9 Å². The number of esters is 3. The van der Waals surface area contributed by atoms with Gasteiger partial charge in [0.15, 0.2) is 6.10 Å². The molecule has 0 saturated heterocycles. The second-order valence-electron chi connectivity index (χ2n) is 18.5. The van der Waals surface area contributed by atoms with Crippen LogP contribution in [0, 0.1) is 0 Å². The molecule has 380 valence electrons. The lowest BCUT2D eigenvalue weighted by molar-refractivity contribution is -0.167. The van der Waals surface area contributed by atoms with E-state index < -0.39 is 6.10 Å². The molecule has 0 amide bonds. The first-order chi connectivity index (χ1) is 32.5. The Morgan fingerprint density at radius 1 is 0.318 bits per heavy atom. The molecule has 0 bridgehead atoms. The standard InChI is InChI=1S/C60H104O6/c1-4-7-10-13-16-18-20-22-24-26-28-29-30-31-32-34-35-37-39-41-44-47-50-53-59(62)65-56-57(55-64-58(61)52-49-46-43-15-12-9-6-3)66-60(63)54-51-48-45-42-40-38-36-33-27-25-23-21-19-17-14-11-8-5-2/h7,10,16,18,22,24,28-29,31-32,35,37,57H,4-6,8-9,11-15,17,19-21,23,25-27,30,33-34,36,38-56H2,1-3H3/b10-7-,18-16-,24-22-,29-28-,32-31-,37-35-. The molecule has 0 N–H and O–H groups in total. The van der Waals surface area contributed by atoms with E-state index in [4.69, 9.17) is 14.2 Å². The van der Waals surface area contributed by atoms with Crippen LogP contribution < -0.4 is 0 Å². The molecule has 0 aliphatic rings. The molecular weight excluding hydrogens is 817 g/mol. The predicted octanol–water partition coefficient (Wildman–Crippen LogP) is 18.6. The maximum Gasteiger partial charge on any atom is 0.306 e. The fourth-order valence-electron chi connectivity index (χ4n) is 7.80. The number of allylic oxidation sites excluding steroid dienone is 12. The SMILES string of the molecule is CC/C=C\C/C=C\C/C=C\C/C=C\C/C=C\C/C=C\CCCCCCC(=O)OCC(COC(=O)CCCCCCCCC)OC(=O)CCCCCCCCCCCCCCCCCCCC. The quantitative estimate of drug-likeness (QED) is 0.0262. The zero-order valence-electron chi connectivity index (χ0n) is 43.4. The van der Waals surface area contributed by atoms with Gasteiger partial charge in [0.1, 0.15) is 13.2 Å². The molecule has 0 aromatic rings. The van der Waals surface area contributed by atoms with E-state index in [9.17, 15) is 14.4 Å². The molecule has 1 unspecified atom stereocenters. The van der Waals surface area contributed by atoms with Gasteiger partial charge in [-0.05, 0) is 70.6 Å². The van der Waals surface area contributed by atoms with Crippen molar-refractivity contribution in [2.24, 2.45) is 0 Å². The van der Waals surface area contributed by atoms with Crippen molar-refractivity contribution in [1.29, 1.82) is 0 Å². The minimum atomic E-state index is -0.781. The van der Waals surface area contributed by atoms with Crippen LogP contribution >= 0.6 is 0 Å². The summed E-state index contributed by atoms with van der Waals surface area (Å²) < 4.78 is 16.8. The van der Waals surface area contributed by atoms with Crippen molar-refractivity contribution in [2.75, 3.05) is 13.2 Å². The van der Waals surface area contributed by atoms with E-state index in [2.05, 4.69) is 93.7 Å². The Kier molecular flexibility index (Phi) is 51.9. The normalized spacial score (nSPS) is 12.6. The molecule has 0 aromatic carbocycles. The zero-order chi connectivity index (χ0) is 47.9. The number of unbranched alkanes of at least 4 members (excludes halogenated alkanes) is 27. The first kappa shape index (κ1) is 62.8. The molecule has 0 aliphatic carbocycles. The second-order valence-corrected chi connectivity index (χ2v) is 18.5. The number of hydrogen-bond acceptors (Lipinski definition) is 6.